The van der Waals surface area contributed by atoms with Crippen LogP contribution in [-0.4, -0.2) is 40.9 Å². The van der Waals surface area contributed by atoms with Gasteiger partial charge in [0.2, 0.25) is 5.91 Å². The first-order chi connectivity index (χ1) is 13.1. The number of nitrogens with zero attached hydrogens (tertiary/aromatic N) is 2. The number of pyridine rings is 1. The number of benzene rings is 1. The summed E-state index contributed by atoms with van der Waals surface area (Å²) in [6.07, 6.45) is 5.76. The molecule has 1 aromatic carbocycles. The zero-order valence-electron chi connectivity index (χ0n) is 15.4. The van der Waals surface area contributed by atoms with E-state index in [1.165, 1.54) is 0 Å². The predicted molar refractivity (Wildman–Crippen MR) is 100 cm³/mol. The lowest BCUT2D eigenvalue weighted by Crippen LogP contribution is -2.45. The van der Waals surface area contributed by atoms with Crippen LogP contribution in [0.5, 0.6) is 5.75 Å². The van der Waals surface area contributed by atoms with Crippen LogP contribution in [0.25, 0.3) is 0 Å². The Morgan fingerprint density at radius 2 is 2.00 bits per heavy atom. The molecule has 1 fully saturated rings. The minimum absolute atomic E-state index is 0.129. The van der Waals surface area contributed by atoms with E-state index in [0.717, 1.165) is 17.7 Å². The van der Waals surface area contributed by atoms with E-state index in [0.29, 0.717) is 31.4 Å². The molecule has 27 heavy (non-hydrogen) atoms. The number of fused-ring (bicyclic) bond motifs is 1. The van der Waals surface area contributed by atoms with Crippen LogP contribution in [0.1, 0.15) is 47.6 Å². The van der Waals surface area contributed by atoms with Crippen molar-refractivity contribution in [3.63, 3.8) is 0 Å². The Bertz CT molecular complexity index is 855. The molecule has 140 valence electrons. The SMILES string of the molecule is CN1CC[C@@]2(CCC1=O)C[C@@H](NC(=O)c1ccncc1)c1ccccc1O2. The summed E-state index contributed by atoms with van der Waals surface area (Å²) in [5, 5.41) is 3.16. The molecule has 2 amide bonds. The Hall–Kier alpha value is -2.89. The maximum Gasteiger partial charge on any atom is 0.251 e. The number of nitrogens with one attached hydrogen (secondary N) is 1. The van der Waals surface area contributed by atoms with E-state index in [9.17, 15) is 9.59 Å². The lowest BCUT2D eigenvalue weighted by molar-refractivity contribution is -0.129. The zero-order chi connectivity index (χ0) is 18.9. The Morgan fingerprint density at radius 1 is 1.22 bits per heavy atom. The highest BCUT2D eigenvalue weighted by Gasteiger charge is 2.43. The van der Waals surface area contributed by atoms with Crippen LogP contribution in [0.2, 0.25) is 0 Å². The number of rotatable bonds is 2. The summed E-state index contributed by atoms with van der Waals surface area (Å²) in [5.74, 6) is 0.809. The van der Waals surface area contributed by atoms with Gasteiger partial charge in [0.05, 0.1) is 6.04 Å². The van der Waals surface area contributed by atoms with Crippen LogP contribution in [0.4, 0.5) is 0 Å². The molecule has 2 aromatic rings. The zero-order valence-corrected chi connectivity index (χ0v) is 15.4. The van der Waals surface area contributed by atoms with Crippen molar-refractivity contribution in [1.82, 2.24) is 15.2 Å². The quantitative estimate of drug-likeness (QED) is 0.888. The summed E-state index contributed by atoms with van der Waals surface area (Å²) in [5.41, 5.74) is 1.12. The summed E-state index contributed by atoms with van der Waals surface area (Å²) in [6.45, 7) is 0.659. The number of carbonyl (C=O) groups is 2. The molecule has 0 aliphatic carbocycles. The van der Waals surface area contributed by atoms with Crippen molar-refractivity contribution in [2.75, 3.05) is 13.6 Å². The average Bonchev–Trinajstić information content (AvgIpc) is 2.83. The minimum Gasteiger partial charge on any atom is -0.487 e. The fourth-order valence-corrected chi connectivity index (χ4v) is 3.94. The van der Waals surface area contributed by atoms with Crippen molar-refractivity contribution in [3.8, 4) is 5.75 Å². The van der Waals surface area contributed by atoms with Gasteiger partial charge in [-0.1, -0.05) is 18.2 Å². The molecule has 1 aromatic heterocycles. The van der Waals surface area contributed by atoms with Gasteiger partial charge in [0.25, 0.3) is 5.91 Å². The van der Waals surface area contributed by atoms with E-state index < -0.39 is 5.60 Å². The molecule has 6 heteroatoms. The van der Waals surface area contributed by atoms with Gasteiger partial charge in [0.15, 0.2) is 0 Å². The van der Waals surface area contributed by atoms with Crippen LogP contribution < -0.4 is 10.1 Å². The van der Waals surface area contributed by atoms with Crippen molar-refractivity contribution in [2.24, 2.45) is 0 Å². The Morgan fingerprint density at radius 3 is 2.81 bits per heavy atom. The molecule has 1 spiro atoms. The van der Waals surface area contributed by atoms with Crippen LogP contribution in [0, 0.1) is 0 Å². The Labute approximate surface area is 158 Å². The van der Waals surface area contributed by atoms with Crippen molar-refractivity contribution in [3.05, 3.63) is 59.9 Å². The predicted octanol–water partition coefficient (Wildman–Crippen LogP) is 2.72. The molecular weight excluding hydrogens is 342 g/mol. The topological polar surface area (TPSA) is 71.5 Å². The first kappa shape index (κ1) is 17.5. The second-order valence-corrected chi connectivity index (χ2v) is 7.35. The largest absolute Gasteiger partial charge is 0.487 e. The fourth-order valence-electron chi connectivity index (χ4n) is 3.94. The van der Waals surface area contributed by atoms with Crippen LogP contribution in [0.15, 0.2) is 48.8 Å². The van der Waals surface area contributed by atoms with E-state index in [4.69, 9.17) is 4.74 Å². The van der Waals surface area contributed by atoms with Crippen molar-refractivity contribution in [1.29, 1.82) is 0 Å². The highest BCUT2D eigenvalue weighted by atomic mass is 16.5. The molecule has 3 heterocycles. The first-order valence-electron chi connectivity index (χ1n) is 9.29. The molecule has 4 rings (SSSR count). The van der Waals surface area contributed by atoms with Crippen LogP contribution in [0.3, 0.4) is 0 Å². The van der Waals surface area contributed by atoms with Gasteiger partial charge in [-0.15, -0.1) is 0 Å². The average molecular weight is 365 g/mol. The van der Waals surface area contributed by atoms with Crippen molar-refractivity contribution < 1.29 is 14.3 Å². The number of aromatic nitrogens is 1. The number of hydrogen-bond acceptors (Lipinski definition) is 4. The van der Waals surface area contributed by atoms with E-state index in [1.54, 1.807) is 29.4 Å². The molecule has 2 aliphatic heterocycles. The van der Waals surface area contributed by atoms with Gasteiger partial charge < -0.3 is 15.0 Å². The van der Waals surface area contributed by atoms with E-state index in [1.807, 2.05) is 31.3 Å². The van der Waals surface area contributed by atoms with Gasteiger partial charge in [0, 0.05) is 56.4 Å². The summed E-state index contributed by atoms with van der Waals surface area (Å²) in [7, 11) is 1.83. The Balaban J connectivity index is 1.62. The Kier molecular flexibility index (Phi) is 4.56. The monoisotopic (exact) mass is 365 g/mol. The lowest BCUT2D eigenvalue weighted by Gasteiger charge is -2.42. The molecule has 0 bridgehead atoms. The van der Waals surface area contributed by atoms with E-state index >= 15 is 0 Å². The number of ether oxygens (including phenoxy) is 1. The number of likely N-dealkylation sites (tertiary alicyclic amines) is 1. The molecule has 6 nitrogen and oxygen atoms in total. The normalized spacial score (nSPS) is 24.7. The molecule has 0 saturated carbocycles. The lowest BCUT2D eigenvalue weighted by atomic mass is 9.82. The second kappa shape index (κ2) is 7.02. The van der Waals surface area contributed by atoms with E-state index in [2.05, 4.69) is 10.3 Å². The van der Waals surface area contributed by atoms with Gasteiger partial charge in [-0.2, -0.15) is 0 Å². The van der Waals surface area contributed by atoms with Crippen molar-refractivity contribution >= 4 is 11.8 Å². The highest BCUT2D eigenvalue weighted by Crippen LogP contribution is 2.44. The van der Waals surface area contributed by atoms with Gasteiger partial charge in [-0.25, -0.2) is 0 Å². The minimum atomic E-state index is -0.440. The summed E-state index contributed by atoms with van der Waals surface area (Å²) in [6, 6.07) is 11.1. The number of carbonyl (C=O) groups excluding carboxylic acids is 2. The first-order valence-corrected chi connectivity index (χ1v) is 9.29. The summed E-state index contributed by atoms with van der Waals surface area (Å²) >= 11 is 0. The van der Waals surface area contributed by atoms with Gasteiger partial charge in [0.1, 0.15) is 11.4 Å². The molecule has 2 atom stereocenters. The maximum atomic E-state index is 12.7. The van der Waals surface area contributed by atoms with Gasteiger partial charge in [-0.05, 0) is 24.6 Å². The smallest absolute Gasteiger partial charge is 0.251 e. The number of amides is 2. The van der Waals surface area contributed by atoms with Gasteiger partial charge in [-0.3, -0.25) is 14.6 Å². The van der Waals surface area contributed by atoms with Crippen LogP contribution in [-0.2, 0) is 4.79 Å². The fraction of sp³-hybridized carbons (Fsp3) is 0.381. The van der Waals surface area contributed by atoms with E-state index in [-0.39, 0.29) is 17.9 Å². The van der Waals surface area contributed by atoms with Crippen molar-refractivity contribution in [2.45, 2.75) is 37.3 Å². The second-order valence-electron chi connectivity index (χ2n) is 7.35. The molecule has 1 saturated heterocycles. The molecule has 1 N–H and O–H groups in total. The summed E-state index contributed by atoms with van der Waals surface area (Å²) in [4.78, 5) is 30.6. The number of para-hydroxylation sites is 1. The highest BCUT2D eigenvalue weighted by molar-refractivity contribution is 5.94. The summed E-state index contributed by atoms with van der Waals surface area (Å²) < 4.78 is 6.41. The molecule has 0 radical (unpaired) electrons. The third-order valence-electron chi connectivity index (χ3n) is 5.57. The molecule has 2 aliphatic rings. The third-order valence-corrected chi connectivity index (χ3v) is 5.57. The molecular formula is C21H23N3O3. The standard InChI is InChI=1S/C21H23N3O3/c1-24-13-10-21(9-6-19(24)25)14-17(16-4-2-3-5-18(16)27-21)23-20(26)15-7-11-22-12-8-15/h2-5,7-8,11-12,17H,6,9-10,13-14H2,1H3,(H,23,26)/t17-,21+/m1/s1. The third kappa shape index (κ3) is 3.52. The van der Waals surface area contributed by atoms with Gasteiger partial charge >= 0.3 is 0 Å². The molecule has 0 unspecified atom stereocenters. The maximum absolute atomic E-state index is 12.7. The van der Waals surface area contributed by atoms with Crippen LogP contribution >= 0.6 is 0 Å². The number of hydrogen-bond donors (Lipinski definition) is 1.